The number of hydrogen-bond acceptors (Lipinski definition) is 4. The van der Waals surface area contributed by atoms with Gasteiger partial charge in [0.05, 0.1) is 6.54 Å². The minimum Gasteiger partial charge on any atom is -0.409 e. The summed E-state index contributed by atoms with van der Waals surface area (Å²) in [5.41, 5.74) is 8.65. The smallest absolute Gasteiger partial charge is 0.172 e. The Balaban J connectivity index is 2.00. The lowest BCUT2D eigenvalue weighted by Gasteiger charge is -2.31. The van der Waals surface area contributed by atoms with Gasteiger partial charge < -0.3 is 20.4 Å². The molecular weight excluding hydrogens is 254 g/mol. The van der Waals surface area contributed by atoms with Crippen molar-refractivity contribution in [1.29, 1.82) is 0 Å². The topological polar surface area (TPSA) is 79.7 Å². The van der Waals surface area contributed by atoms with Gasteiger partial charge in [0.2, 0.25) is 0 Å². The number of oxime groups is 1. The third-order valence-electron chi connectivity index (χ3n) is 3.62. The fourth-order valence-electron chi connectivity index (χ4n) is 2.55. The monoisotopic (exact) mass is 271 g/mol. The van der Waals surface area contributed by atoms with Crippen LogP contribution in [0.1, 0.15) is 17.0 Å². The van der Waals surface area contributed by atoms with Gasteiger partial charge in [0, 0.05) is 36.7 Å². The quantitative estimate of drug-likeness (QED) is 0.373. The lowest BCUT2D eigenvalue weighted by atomic mass is 10.1. The molecule has 0 bridgehead atoms. The maximum atomic E-state index is 8.93. The Morgan fingerprint density at radius 1 is 1.40 bits per heavy atom. The van der Waals surface area contributed by atoms with E-state index in [0.29, 0.717) is 0 Å². The van der Waals surface area contributed by atoms with Crippen molar-refractivity contribution in [3.8, 4) is 0 Å². The molecule has 0 saturated carbocycles. The number of imidazole rings is 1. The Kier molecular flexibility index (Phi) is 3.06. The van der Waals surface area contributed by atoms with E-state index >= 15 is 0 Å². The van der Waals surface area contributed by atoms with Gasteiger partial charge in [-0.05, 0) is 24.6 Å². The van der Waals surface area contributed by atoms with Crippen LogP contribution >= 0.6 is 0 Å². The number of nitrogens with two attached hydrogens (primary N) is 1. The van der Waals surface area contributed by atoms with E-state index in [1.165, 1.54) is 0 Å². The molecule has 3 rings (SSSR count). The SMILES string of the molecule is Cc1ccc(C(N)=NO)c(N2CCn3ccnc3C2)c1. The van der Waals surface area contributed by atoms with E-state index in [0.717, 1.165) is 42.3 Å². The van der Waals surface area contributed by atoms with Gasteiger partial charge in [0.15, 0.2) is 5.84 Å². The second-order valence-corrected chi connectivity index (χ2v) is 4.96. The summed E-state index contributed by atoms with van der Waals surface area (Å²) in [6.45, 7) is 4.52. The molecule has 0 fully saturated rings. The van der Waals surface area contributed by atoms with Crippen LogP contribution in [0, 0.1) is 6.92 Å². The third kappa shape index (κ3) is 2.09. The molecule has 0 radical (unpaired) electrons. The van der Waals surface area contributed by atoms with Gasteiger partial charge >= 0.3 is 0 Å². The van der Waals surface area contributed by atoms with E-state index in [-0.39, 0.29) is 5.84 Å². The molecule has 0 amide bonds. The number of rotatable bonds is 2. The number of amidine groups is 1. The Hall–Kier alpha value is -2.50. The molecule has 6 heteroatoms. The molecule has 0 unspecified atom stereocenters. The molecule has 0 atom stereocenters. The fraction of sp³-hybridized carbons (Fsp3) is 0.286. The predicted octanol–water partition coefficient (Wildman–Crippen LogP) is 1.31. The first kappa shape index (κ1) is 12.5. The predicted molar refractivity (Wildman–Crippen MR) is 77.0 cm³/mol. The molecule has 1 aliphatic rings. The molecule has 6 nitrogen and oxygen atoms in total. The summed E-state index contributed by atoms with van der Waals surface area (Å²) in [4.78, 5) is 6.57. The average molecular weight is 271 g/mol. The van der Waals surface area contributed by atoms with E-state index in [4.69, 9.17) is 10.9 Å². The van der Waals surface area contributed by atoms with Crippen LogP contribution in [0.25, 0.3) is 0 Å². The fourth-order valence-corrected chi connectivity index (χ4v) is 2.55. The molecule has 1 aromatic heterocycles. The number of aromatic nitrogens is 2. The van der Waals surface area contributed by atoms with Crippen LogP contribution in [0.2, 0.25) is 0 Å². The van der Waals surface area contributed by atoms with Gasteiger partial charge in [-0.1, -0.05) is 11.2 Å². The third-order valence-corrected chi connectivity index (χ3v) is 3.62. The number of aryl methyl sites for hydroxylation is 1. The lowest BCUT2D eigenvalue weighted by molar-refractivity contribution is 0.318. The molecule has 0 spiro atoms. The Labute approximate surface area is 117 Å². The highest BCUT2D eigenvalue weighted by atomic mass is 16.4. The Morgan fingerprint density at radius 3 is 3.05 bits per heavy atom. The maximum absolute atomic E-state index is 8.93. The van der Waals surface area contributed by atoms with Crippen LogP contribution in [-0.2, 0) is 13.1 Å². The first-order valence-corrected chi connectivity index (χ1v) is 6.52. The van der Waals surface area contributed by atoms with Crippen molar-refractivity contribution in [3.63, 3.8) is 0 Å². The van der Waals surface area contributed by atoms with Gasteiger partial charge in [0.25, 0.3) is 0 Å². The second-order valence-electron chi connectivity index (χ2n) is 4.96. The Morgan fingerprint density at radius 2 is 2.25 bits per heavy atom. The summed E-state index contributed by atoms with van der Waals surface area (Å²) in [7, 11) is 0. The van der Waals surface area contributed by atoms with Crippen molar-refractivity contribution in [3.05, 3.63) is 47.5 Å². The minimum atomic E-state index is 0.133. The first-order valence-electron chi connectivity index (χ1n) is 6.52. The molecule has 2 heterocycles. The van der Waals surface area contributed by atoms with E-state index < -0.39 is 0 Å². The summed E-state index contributed by atoms with van der Waals surface area (Å²) in [6, 6.07) is 5.91. The highest BCUT2D eigenvalue weighted by Crippen LogP contribution is 2.25. The highest BCUT2D eigenvalue weighted by molar-refractivity contribution is 6.02. The van der Waals surface area contributed by atoms with Crippen LogP contribution in [0.15, 0.2) is 35.7 Å². The molecule has 1 aromatic carbocycles. The van der Waals surface area contributed by atoms with Crippen LogP contribution < -0.4 is 10.6 Å². The van der Waals surface area contributed by atoms with Crippen molar-refractivity contribution in [2.24, 2.45) is 10.9 Å². The number of anilines is 1. The van der Waals surface area contributed by atoms with E-state index in [2.05, 4.69) is 25.7 Å². The molecular formula is C14H17N5O. The van der Waals surface area contributed by atoms with Crippen LogP contribution in [0.3, 0.4) is 0 Å². The van der Waals surface area contributed by atoms with Crippen molar-refractivity contribution in [2.45, 2.75) is 20.0 Å². The molecule has 3 N–H and O–H groups in total. The van der Waals surface area contributed by atoms with Gasteiger partial charge in [0.1, 0.15) is 5.82 Å². The maximum Gasteiger partial charge on any atom is 0.172 e. The zero-order chi connectivity index (χ0) is 14.1. The van der Waals surface area contributed by atoms with Crippen LogP contribution in [0.4, 0.5) is 5.69 Å². The summed E-state index contributed by atoms with van der Waals surface area (Å²) in [6.07, 6.45) is 3.81. The highest BCUT2D eigenvalue weighted by Gasteiger charge is 2.20. The second kappa shape index (κ2) is 4.88. The number of nitrogens with zero attached hydrogens (tertiary/aromatic N) is 4. The number of benzene rings is 1. The molecule has 104 valence electrons. The summed E-state index contributed by atoms with van der Waals surface area (Å²) in [5.74, 6) is 1.16. The van der Waals surface area contributed by atoms with E-state index in [1.807, 2.05) is 31.5 Å². The van der Waals surface area contributed by atoms with Crippen molar-refractivity contribution >= 4 is 11.5 Å². The molecule has 0 aliphatic carbocycles. The zero-order valence-corrected chi connectivity index (χ0v) is 11.3. The molecule has 20 heavy (non-hydrogen) atoms. The Bertz CT molecular complexity index is 661. The van der Waals surface area contributed by atoms with Crippen molar-refractivity contribution in [1.82, 2.24) is 9.55 Å². The minimum absolute atomic E-state index is 0.133. The largest absolute Gasteiger partial charge is 0.409 e. The van der Waals surface area contributed by atoms with Gasteiger partial charge in [-0.25, -0.2) is 4.98 Å². The standard InChI is InChI=1S/C14H17N5O/c1-10-2-3-11(14(15)17-20)12(8-10)19-7-6-18-5-4-16-13(18)9-19/h2-5,8,20H,6-7,9H2,1H3,(H2,15,17). The normalized spacial score (nSPS) is 15.2. The zero-order valence-electron chi connectivity index (χ0n) is 11.3. The molecule has 2 aromatic rings. The van der Waals surface area contributed by atoms with Crippen LogP contribution in [0.5, 0.6) is 0 Å². The lowest BCUT2D eigenvalue weighted by Crippen LogP contribution is -2.35. The van der Waals surface area contributed by atoms with Crippen molar-refractivity contribution in [2.75, 3.05) is 11.4 Å². The summed E-state index contributed by atoms with van der Waals surface area (Å²) in [5, 5.41) is 12.1. The van der Waals surface area contributed by atoms with E-state index in [9.17, 15) is 0 Å². The summed E-state index contributed by atoms with van der Waals surface area (Å²) >= 11 is 0. The van der Waals surface area contributed by atoms with Crippen molar-refractivity contribution < 1.29 is 5.21 Å². The number of hydrogen-bond donors (Lipinski definition) is 2. The van der Waals surface area contributed by atoms with Crippen LogP contribution in [-0.4, -0.2) is 27.1 Å². The van der Waals surface area contributed by atoms with E-state index in [1.54, 1.807) is 0 Å². The average Bonchev–Trinajstić information content (AvgIpc) is 2.93. The number of fused-ring (bicyclic) bond motifs is 1. The molecule has 1 aliphatic heterocycles. The molecule has 0 saturated heterocycles. The summed E-state index contributed by atoms with van der Waals surface area (Å²) < 4.78 is 2.15. The van der Waals surface area contributed by atoms with Gasteiger partial charge in [-0.15, -0.1) is 0 Å². The van der Waals surface area contributed by atoms with Gasteiger partial charge in [-0.2, -0.15) is 0 Å². The van der Waals surface area contributed by atoms with Gasteiger partial charge in [-0.3, -0.25) is 0 Å². The first-order chi connectivity index (χ1) is 9.69.